The summed E-state index contributed by atoms with van der Waals surface area (Å²) in [5.74, 6) is 0. The Balaban J connectivity index is 2.48. The van der Waals surface area contributed by atoms with Crippen molar-refractivity contribution in [3.8, 4) is 6.07 Å². The minimum Gasteiger partial charge on any atom is -0.399 e. The fraction of sp³-hybridized carbons (Fsp3) is 0.364. The highest BCUT2D eigenvalue weighted by atomic mass is 15.1. The second-order valence-electron chi connectivity index (χ2n) is 3.39. The molecule has 0 amide bonds. The number of anilines is 1. The lowest BCUT2D eigenvalue weighted by Crippen LogP contribution is -2.18. The summed E-state index contributed by atoms with van der Waals surface area (Å²) >= 11 is 0. The van der Waals surface area contributed by atoms with Gasteiger partial charge in [-0.1, -0.05) is 12.1 Å². The van der Waals surface area contributed by atoms with Gasteiger partial charge in [0.05, 0.1) is 6.07 Å². The van der Waals surface area contributed by atoms with Crippen LogP contribution in [0.5, 0.6) is 0 Å². The van der Waals surface area contributed by atoms with Crippen LogP contribution >= 0.6 is 0 Å². The number of nitrogen functional groups attached to an aromatic ring is 1. The number of benzene rings is 1. The van der Waals surface area contributed by atoms with Crippen LogP contribution in [0.3, 0.4) is 0 Å². The van der Waals surface area contributed by atoms with E-state index in [0.29, 0.717) is 6.42 Å². The number of hydrogen-bond donors (Lipinski definition) is 1. The van der Waals surface area contributed by atoms with Crippen molar-refractivity contribution in [1.29, 1.82) is 5.26 Å². The molecule has 0 radical (unpaired) electrons. The SMILES string of the molecule is CN(CCC#N)Cc1cccc(N)c1. The molecule has 0 aromatic heterocycles. The summed E-state index contributed by atoms with van der Waals surface area (Å²) in [5.41, 5.74) is 7.64. The molecule has 0 aliphatic heterocycles. The van der Waals surface area contributed by atoms with E-state index in [1.807, 2.05) is 31.3 Å². The van der Waals surface area contributed by atoms with Gasteiger partial charge in [-0.05, 0) is 24.7 Å². The molecule has 0 atom stereocenters. The predicted octanol–water partition coefficient (Wildman–Crippen LogP) is 1.61. The summed E-state index contributed by atoms with van der Waals surface area (Å²) < 4.78 is 0. The maximum atomic E-state index is 8.43. The summed E-state index contributed by atoms with van der Waals surface area (Å²) in [4.78, 5) is 2.11. The largest absolute Gasteiger partial charge is 0.399 e. The molecule has 0 heterocycles. The molecule has 0 aliphatic carbocycles. The van der Waals surface area contributed by atoms with Crippen molar-refractivity contribution < 1.29 is 0 Å². The number of rotatable bonds is 4. The van der Waals surface area contributed by atoms with Crippen LogP contribution in [-0.2, 0) is 6.54 Å². The Hall–Kier alpha value is -1.53. The highest BCUT2D eigenvalue weighted by molar-refractivity contribution is 5.40. The number of hydrogen-bond acceptors (Lipinski definition) is 3. The molecule has 0 fully saturated rings. The van der Waals surface area contributed by atoms with Gasteiger partial charge in [-0.15, -0.1) is 0 Å². The van der Waals surface area contributed by atoms with Crippen LogP contribution < -0.4 is 5.73 Å². The molecular weight excluding hydrogens is 174 g/mol. The second-order valence-corrected chi connectivity index (χ2v) is 3.39. The fourth-order valence-corrected chi connectivity index (χ4v) is 1.32. The van der Waals surface area contributed by atoms with E-state index in [-0.39, 0.29) is 0 Å². The van der Waals surface area contributed by atoms with Crippen molar-refractivity contribution in [3.05, 3.63) is 29.8 Å². The van der Waals surface area contributed by atoms with Crippen LogP contribution in [0.25, 0.3) is 0 Å². The van der Waals surface area contributed by atoms with E-state index in [0.717, 1.165) is 18.8 Å². The number of nitrogens with zero attached hydrogens (tertiary/aromatic N) is 2. The number of nitriles is 1. The minimum atomic E-state index is 0.568. The lowest BCUT2D eigenvalue weighted by atomic mass is 10.2. The van der Waals surface area contributed by atoms with Crippen molar-refractivity contribution in [1.82, 2.24) is 4.90 Å². The zero-order valence-corrected chi connectivity index (χ0v) is 8.40. The van der Waals surface area contributed by atoms with Crippen LogP contribution in [0.4, 0.5) is 5.69 Å². The zero-order chi connectivity index (χ0) is 10.4. The van der Waals surface area contributed by atoms with Gasteiger partial charge in [0.2, 0.25) is 0 Å². The van der Waals surface area contributed by atoms with Gasteiger partial charge in [0, 0.05) is 25.2 Å². The van der Waals surface area contributed by atoms with Gasteiger partial charge in [0.25, 0.3) is 0 Å². The van der Waals surface area contributed by atoms with Gasteiger partial charge < -0.3 is 10.6 Å². The molecule has 0 aliphatic rings. The van der Waals surface area contributed by atoms with Crippen molar-refractivity contribution in [2.75, 3.05) is 19.3 Å². The van der Waals surface area contributed by atoms with E-state index in [1.165, 1.54) is 5.56 Å². The van der Waals surface area contributed by atoms with Crippen molar-refractivity contribution in [3.63, 3.8) is 0 Å². The molecule has 2 N–H and O–H groups in total. The second kappa shape index (κ2) is 5.25. The monoisotopic (exact) mass is 189 g/mol. The van der Waals surface area contributed by atoms with Crippen molar-refractivity contribution in [2.45, 2.75) is 13.0 Å². The van der Waals surface area contributed by atoms with Gasteiger partial charge in [0.1, 0.15) is 0 Å². The van der Waals surface area contributed by atoms with E-state index in [2.05, 4.69) is 11.0 Å². The van der Waals surface area contributed by atoms with Crippen LogP contribution in [0.15, 0.2) is 24.3 Å². The third kappa shape index (κ3) is 3.46. The maximum absolute atomic E-state index is 8.43. The Kier molecular flexibility index (Phi) is 3.96. The normalized spacial score (nSPS) is 10.1. The molecule has 0 unspecified atom stereocenters. The summed E-state index contributed by atoms with van der Waals surface area (Å²) in [6, 6.07) is 9.95. The molecule has 3 heteroatoms. The summed E-state index contributed by atoms with van der Waals surface area (Å²) in [6.45, 7) is 1.64. The zero-order valence-electron chi connectivity index (χ0n) is 8.40. The minimum absolute atomic E-state index is 0.568. The fourth-order valence-electron chi connectivity index (χ4n) is 1.32. The Morgan fingerprint density at radius 1 is 1.50 bits per heavy atom. The van der Waals surface area contributed by atoms with Crippen LogP contribution in [0.1, 0.15) is 12.0 Å². The van der Waals surface area contributed by atoms with E-state index >= 15 is 0 Å². The van der Waals surface area contributed by atoms with Gasteiger partial charge in [-0.3, -0.25) is 0 Å². The third-order valence-electron chi connectivity index (χ3n) is 2.01. The first-order valence-electron chi connectivity index (χ1n) is 4.62. The Bertz CT molecular complexity index is 328. The van der Waals surface area contributed by atoms with Crippen LogP contribution in [-0.4, -0.2) is 18.5 Å². The first kappa shape index (κ1) is 10.6. The van der Waals surface area contributed by atoms with Gasteiger partial charge >= 0.3 is 0 Å². The quantitative estimate of drug-likeness (QED) is 0.732. The number of nitrogens with two attached hydrogens (primary N) is 1. The van der Waals surface area contributed by atoms with Gasteiger partial charge in [-0.25, -0.2) is 0 Å². The summed E-state index contributed by atoms with van der Waals surface area (Å²) in [5, 5.41) is 8.43. The van der Waals surface area contributed by atoms with Gasteiger partial charge in [0.15, 0.2) is 0 Å². The topological polar surface area (TPSA) is 53.0 Å². The van der Waals surface area contributed by atoms with Crippen molar-refractivity contribution in [2.24, 2.45) is 0 Å². The predicted molar refractivity (Wildman–Crippen MR) is 57.4 cm³/mol. The molecule has 0 saturated carbocycles. The average molecular weight is 189 g/mol. The van der Waals surface area contributed by atoms with E-state index in [9.17, 15) is 0 Å². The summed E-state index contributed by atoms with van der Waals surface area (Å²) in [7, 11) is 2.00. The van der Waals surface area contributed by atoms with E-state index < -0.39 is 0 Å². The Morgan fingerprint density at radius 3 is 2.93 bits per heavy atom. The third-order valence-corrected chi connectivity index (χ3v) is 2.01. The molecule has 1 aromatic carbocycles. The highest BCUT2D eigenvalue weighted by Gasteiger charge is 1.99. The Labute approximate surface area is 84.7 Å². The molecule has 0 saturated heterocycles. The molecule has 3 nitrogen and oxygen atoms in total. The average Bonchev–Trinajstić information content (AvgIpc) is 2.15. The van der Waals surface area contributed by atoms with Crippen LogP contribution in [0, 0.1) is 11.3 Å². The first-order chi connectivity index (χ1) is 6.72. The first-order valence-corrected chi connectivity index (χ1v) is 4.62. The summed E-state index contributed by atoms with van der Waals surface area (Å²) in [6.07, 6.45) is 0.568. The van der Waals surface area contributed by atoms with E-state index in [4.69, 9.17) is 11.0 Å². The molecule has 1 aromatic rings. The maximum Gasteiger partial charge on any atom is 0.0635 e. The molecule has 1 rings (SSSR count). The van der Waals surface area contributed by atoms with E-state index in [1.54, 1.807) is 0 Å². The molecular formula is C11H15N3. The lowest BCUT2D eigenvalue weighted by Gasteiger charge is -2.14. The smallest absolute Gasteiger partial charge is 0.0635 e. The molecule has 0 bridgehead atoms. The highest BCUT2D eigenvalue weighted by Crippen LogP contribution is 2.08. The molecule has 14 heavy (non-hydrogen) atoms. The van der Waals surface area contributed by atoms with Gasteiger partial charge in [-0.2, -0.15) is 5.26 Å². The molecule has 74 valence electrons. The molecule has 0 spiro atoms. The van der Waals surface area contributed by atoms with Crippen LogP contribution in [0.2, 0.25) is 0 Å². The standard InChI is InChI=1S/C11H15N3/c1-14(7-3-6-12)9-10-4-2-5-11(13)8-10/h2,4-5,8H,3,7,9,13H2,1H3. The Morgan fingerprint density at radius 2 is 2.29 bits per heavy atom. The van der Waals surface area contributed by atoms with Crippen molar-refractivity contribution >= 4 is 5.69 Å². The lowest BCUT2D eigenvalue weighted by molar-refractivity contribution is 0.335.